The van der Waals surface area contributed by atoms with Gasteiger partial charge in [-0.3, -0.25) is 9.59 Å². The van der Waals surface area contributed by atoms with Crippen molar-refractivity contribution in [2.75, 3.05) is 22.1 Å². The van der Waals surface area contributed by atoms with Crippen molar-refractivity contribution < 1.29 is 9.59 Å². The molecule has 0 saturated heterocycles. The van der Waals surface area contributed by atoms with Crippen LogP contribution in [0.15, 0.2) is 48.5 Å². The fourth-order valence-corrected chi connectivity index (χ4v) is 3.39. The quantitative estimate of drug-likeness (QED) is 0.688. The second-order valence-electron chi connectivity index (χ2n) is 5.15. The number of rotatable bonds is 5. The number of para-hydroxylation sites is 2. The molecule has 2 aromatic rings. The number of hydrogen-bond acceptors (Lipinski definition) is 4. The fraction of sp³-hybridized carbons (Fsp3) is 0.222. The van der Waals surface area contributed by atoms with Gasteiger partial charge in [0, 0.05) is 22.9 Å². The fourth-order valence-electron chi connectivity index (χ4n) is 1.99. The highest BCUT2D eigenvalue weighted by molar-refractivity contribution is 8.17. The standard InChI is InChI=1S/C18H20N2O2S2/c1-13-7-3-5-9-15(13)19-17(21)23-11-12-24-18(22)20-16-10-6-4-8-14(16)2/h3-10H,11-12H2,1-2H3,(H,19,21)(H,20,22). The molecule has 0 atom stereocenters. The van der Waals surface area contributed by atoms with Crippen LogP contribution in [-0.4, -0.2) is 22.0 Å². The topological polar surface area (TPSA) is 58.2 Å². The zero-order chi connectivity index (χ0) is 17.4. The van der Waals surface area contributed by atoms with Crippen LogP contribution in [-0.2, 0) is 0 Å². The molecule has 0 saturated carbocycles. The molecule has 2 N–H and O–H groups in total. The molecule has 0 radical (unpaired) electrons. The lowest BCUT2D eigenvalue weighted by Crippen LogP contribution is -2.09. The van der Waals surface area contributed by atoms with Gasteiger partial charge in [0.2, 0.25) is 0 Å². The van der Waals surface area contributed by atoms with Crippen molar-refractivity contribution in [3.8, 4) is 0 Å². The first kappa shape index (κ1) is 18.4. The van der Waals surface area contributed by atoms with Crippen LogP contribution in [0.5, 0.6) is 0 Å². The Morgan fingerprint density at radius 2 is 1.12 bits per heavy atom. The van der Waals surface area contributed by atoms with Gasteiger partial charge in [0.15, 0.2) is 0 Å². The highest BCUT2D eigenvalue weighted by Gasteiger charge is 2.08. The predicted molar refractivity (Wildman–Crippen MR) is 105 cm³/mol. The van der Waals surface area contributed by atoms with E-state index in [2.05, 4.69) is 10.6 Å². The summed E-state index contributed by atoms with van der Waals surface area (Å²) in [6.45, 7) is 3.90. The Bertz CT molecular complexity index is 658. The Kier molecular flexibility index (Phi) is 7.21. The van der Waals surface area contributed by atoms with Crippen molar-refractivity contribution in [1.29, 1.82) is 0 Å². The predicted octanol–water partition coefficient (Wildman–Crippen LogP) is 5.53. The van der Waals surface area contributed by atoms with Crippen molar-refractivity contribution in [1.82, 2.24) is 0 Å². The lowest BCUT2D eigenvalue weighted by molar-refractivity contribution is 0.269. The Balaban J connectivity index is 1.67. The Morgan fingerprint density at radius 3 is 1.50 bits per heavy atom. The van der Waals surface area contributed by atoms with E-state index in [4.69, 9.17) is 0 Å². The maximum absolute atomic E-state index is 11.9. The number of carbonyl (C=O) groups is 2. The summed E-state index contributed by atoms with van der Waals surface area (Å²) in [5.74, 6) is 1.15. The molecule has 2 amide bonds. The van der Waals surface area contributed by atoms with E-state index in [0.29, 0.717) is 11.5 Å². The number of thioether (sulfide) groups is 2. The first-order chi connectivity index (χ1) is 11.6. The highest BCUT2D eigenvalue weighted by Crippen LogP contribution is 2.19. The molecule has 24 heavy (non-hydrogen) atoms. The van der Waals surface area contributed by atoms with Gasteiger partial charge in [-0.05, 0) is 37.1 Å². The third kappa shape index (κ3) is 5.94. The third-order valence-corrected chi connectivity index (χ3v) is 5.12. The van der Waals surface area contributed by atoms with Gasteiger partial charge in [-0.1, -0.05) is 59.9 Å². The average molecular weight is 361 g/mol. The van der Waals surface area contributed by atoms with E-state index in [0.717, 1.165) is 22.5 Å². The normalized spacial score (nSPS) is 10.2. The van der Waals surface area contributed by atoms with Gasteiger partial charge in [0.1, 0.15) is 0 Å². The van der Waals surface area contributed by atoms with Crippen LogP contribution in [0.3, 0.4) is 0 Å². The van der Waals surface area contributed by atoms with Crippen LogP contribution >= 0.6 is 23.5 Å². The van der Waals surface area contributed by atoms with Crippen molar-refractivity contribution >= 4 is 45.4 Å². The Hall–Kier alpha value is -1.92. The minimum atomic E-state index is -0.107. The number of aryl methyl sites for hydroxylation is 2. The molecule has 0 aliphatic carbocycles. The number of nitrogens with one attached hydrogen (secondary N) is 2. The summed E-state index contributed by atoms with van der Waals surface area (Å²) in [5, 5.41) is 5.51. The van der Waals surface area contributed by atoms with Crippen LogP contribution in [0.1, 0.15) is 11.1 Å². The summed E-state index contributed by atoms with van der Waals surface area (Å²) >= 11 is 2.36. The maximum atomic E-state index is 11.9. The van der Waals surface area contributed by atoms with Crippen molar-refractivity contribution in [3.05, 3.63) is 59.7 Å². The maximum Gasteiger partial charge on any atom is 0.283 e. The van der Waals surface area contributed by atoms with E-state index in [9.17, 15) is 9.59 Å². The van der Waals surface area contributed by atoms with Gasteiger partial charge >= 0.3 is 0 Å². The molecule has 0 aliphatic rings. The molecular formula is C18H20N2O2S2. The smallest absolute Gasteiger partial charge is 0.283 e. The molecule has 0 spiro atoms. The number of hydrogen-bond donors (Lipinski definition) is 2. The Labute approximate surface area is 150 Å². The molecular weight excluding hydrogens is 340 g/mol. The highest BCUT2D eigenvalue weighted by atomic mass is 32.2. The second kappa shape index (κ2) is 9.39. The van der Waals surface area contributed by atoms with Gasteiger partial charge in [-0.15, -0.1) is 0 Å². The second-order valence-corrected chi connectivity index (χ2v) is 7.29. The first-order valence-corrected chi connectivity index (χ1v) is 9.52. The molecule has 6 heteroatoms. The molecule has 2 rings (SSSR count). The number of anilines is 2. The largest absolute Gasteiger partial charge is 0.317 e. The minimum absolute atomic E-state index is 0.107. The molecule has 0 heterocycles. The van der Waals surface area contributed by atoms with Crippen molar-refractivity contribution in [2.24, 2.45) is 0 Å². The van der Waals surface area contributed by atoms with Crippen LogP contribution < -0.4 is 10.6 Å². The zero-order valence-corrected chi connectivity index (χ0v) is 15.3. The van der Waals surface area contributed by atoms with E-state index in [1.54, 1.807) is 0 Å². The number of benzene rings is 2. The van der Waals surface area contributed by atoms with Crippen molar-refractivity contribution in [2.45, 2.75) is 13.8 Å². The van der Waals surface area contributed by atoms with Gasteiger partial charge in [0.05, 0.1) is 0 Å². The Morgan fingerprint density at radius 1 is 0.750 bits per heavy atom. The number of carbonyl (C=O) groups excluding carboxylic acids is 2. The van der Waals surface area contributed by atoms with E-state index in [1.807, 2.05) is 62.4 Å². The molecule has 0 aromatic heterocycles. The van der Waals surface area contributed by atoms with Crippen LogP contribution in [0.2, 0.25) is 0 Å². The van der Waals surface area contributed by atoms with E-state index in [-0.39, 0.29) is 10.5 Å². The number of amides is 2. The average Bonchev–Trinajstić information content (AvgIpc) is 2.56. The van der Waals surface area contributed by atoms with Crippen LogP contribution in [0.25, 0.3) is 0 Å². The third-order valence-electron chi connectivity index (χ3n) is 3.31. The summed E-state index contributed by atoms with van der Waals surface area (Å²) in [6.07, 6.45) is 0. The van der Waals surface area contributed by atoms with E-state index in [1.165, 1.54) is 23.5 Å². The van der Waals surface area contributed by atoms with Crippen LogP contribution in [0.4, 0.5) is 21.0 Å². The zero-order valence-electron chi connectivity index (χ0n) is 13.7. The van der Waals surface area contributed by atoms with Gasteiger partial charge in [-0.2, -0.15) is 0 Å². The van der Waals surface area contributed by atoms with E-state index >= 15 is 0 Å². The summed E-state index contributed by atoms with van der Waals surface area (Å²) in [7, 11) is 0. The first-order valence-electron chi connectivity index (χ1n) is 7.55. The lowest BCUT2D eigenvalue weighted by Gasteiger charge is -2.08. The summed E-state index contributed by atoms with van der Waals surface area (Å²) in [6, 6.07) is 15.3. The van der Waals surface area contributed by atoms with Crippen LogP contribution in [0, 0.1) is 13.8 Å². The molecule has 2 aromatic carbocycles. The summed E-state index contributed by atoms with van der Waals surface area (Å²) in [4.78, 5) is 23.8. The van der Waals surface area contributed by atoms with Gasteiger partial charge in [0.25, 0.3) is 10.5 Å². The van der Waals surface area contributed by atoms with Gasteiger partial charge in [-0.25, -0.2) is 0 Å². The van der Waals surface area contributed by atoms with Gasteiger partial charge < -0.3 is 10.6 Å². The molecule has 0 bridgehead atoms. The minimum Gasteiger partial charge on any atom is -0.317 e. The van der Waals surface area contributed by atoms with E-state index < -0.39 is 0 Å². The lowest BCUT2D eigenvalue weighted by atomic mass is 10.2. The van der Waals surface area contributed by atoms with Crippen molar-refractivity contribution in [3.63, 3.8) is 0 Å². The summed E-state index contributed by atoms with van der Waals surface area (Å²) < 4.78 is 0. The molecule has 0 fully saturated rings. The SMILES string of the molecule is Cc1ccccc1NC(=O)SCCSC(=O)Nc1ccccc1C. The monoisotopic (exact) mass is 360 g/mol. The molecule has 126 valence electrons. The summed E-state index contributed by atoms with van der Waals surface area (Å²) in [5.41, 5.74) is 3.69. The molecule has 4 nitrogen and oxygen atoms in total. The molecule has 0 aliphatic heterocycles. The molecule has 0 unspecified atom stereocenters.